The first-order valence-electron chi connectivity index (χ1n) is 7.80. The van der Waals surface area contributed by atoms with Crippen LogP contribution in [-0.2, 0) is 11.2 Å². The van der Waals surface area contributed by atoms with Crippen molar-refractivity contribution >= 4 is 11.7 Å². The summed E-state index contributed by atoms with van der Waals surface area (Å²) in [5, 5.41) is 2.80. The van der Waals surface area contributed by atoms with Crippen LogP contribution in [0.5, 0.6) is 5.75 Å². The standard InChI is InChI=1S/C20H17FN2O2/c1-25-18-10-9-14(12-17(18)21)13-19(24)23-20-16(8-5-11-22-20)15-6-3-2-4-7-15/h2-12H,13H2,1H3,(H,22,23,24). The Bertz CT molecular complexity index is 882. The Morgan fingerprint density at radius 2 is 1.92 bits per heavy atom. The normalized spacial score (nSPS) is 10.3. The van der Waals surface area contributed by atoms with Crippen LogP contribution in [0.3, 0.4) is 0 Å². The molecule has 2 aromatic carbocycles. The van der Waals surface area contributed by atoms with E-state index in [0.717, 1.165) is 11.1 Å². The molecule has 0 fully saturated rings. The number of pyridine rings is 1. The predicted octanol–water partition coefficient (Wildman–Crippen LogP) is 4.08. The Balaban J connectivity index is 1.77. The highest BCUT2D eigenvalue weighted by atomic mass is 19.1. The Kier molecular flexibility index (Phi) is 5.04. The fourth-order valence-corrected chi connectivity index (χ4v) is 2.54. The number of rotatable bonds is 5. The van der Waals surface area contributed by atoms with Gasteiger partial charge in [-0.25, -0.2) is 9.37 Å². The van der Waals surface area contributed by atoms with Crippen LogP contribution in [0.4, 0.5) is 10.2 Å². The van der Waals surface area contributed by atoms with Gasteiger partial charge >= 0.3 is 0 Å². The number of aromatic nitrogens is 1. The van der Waals surface area contributed by atoms with Gasteiger partial charge in [-0.3, -0.25) is 4.79 Å². The highest BCUT2D eigenvalue weighted by molar-refractivity contribution is 5.95. The Morgan fingerprint density at radius 3 is 2.64 bits per heavy atom. The first kappa shape index (κ1) is 16.6. The Hall–Kier alpha value is -3.21. The predicted molar refractivity (Wildman–Crippen MR) is 95.0 cm³/mol. The lowest BCUT2D eigenvalue weighted by Crippen LogP contribution is -2.16. The molecule has 0 saturated carbocycles. The molecular formula is C20H17FN2O2. The number of carbonyl (C=O) groups excluding carboxylic acids is 1. The van der Waals surface area contributed by atoms with Gasteiger partial charge in [-0.05, 0) is 35.4 Å². The van der Waals surface area contributed by atoms with Crippen molar-refractivity contribution in [2.45, 2.75) is 6.42 Å². The molecule has 126 valence electrons. The van der Waals surface area contributed by atoms with Crippen LogP contribution in [0.15, 0.2) is 66.9 Å². The van der Waals surface area contributed by atoms with Gasteiger partial charge in [0.25, 0.3) is 0 Å². The Labute approximate surface area is 145 Å². The molecule has 0 atom stereocenters. The molecular weight excluding hydrogens is 319 g/mol. The summed E-state index contributed by atoms with van der Waals surface area (Å²) in [6.07, 6.45) is 1.67. The number of hydrogen-bond donors (Lipinski definition) is 1. The molecule has 0 bridgehead atoms. The number of carbonyl (C=O) groups is 1. The van der Waals surface area contributed by atoms with Crippen LogP contribution in [0.25, 0.3) is 11.1 Å². The van der Waals surface area contributed by atoms with Crippen molar-refractivity contribution < 1.29 is 13.9 Å². The van der Waals surface area contributed by atoms with Crippen molar-refractivity contribution in [3.8, 4) is 16.9 Å². The summed E-state index contributed by atoms with van der Waals surface area (Å²) < 4.78 is 18.6. The van der Waals surface area contributed by atoms with Gasteiger partial charge in [-0.1, -0.05) is 36.4 Å². The van der Waals surface area contributed by atoms with Crippen LogP contribution >= 0.6 is 0 Å². The summed E-state index contributed by atoms with van der Waals surface area (Å²) in [4.78, 5) is 16.6. The minimum Gasteiger partial charge on any atom is -0.494 e. The molecule has 0 aliphatic carbocycles. The number of amides is 1. The second-order valence-corrected chi connectivity index (χ2v) is 5.46. The van der Waals surface area contributed by atoms with Crippen LogP contribution in [-0.4, -0.2) is 18.0 Å². The molecule has 0 spiro atoms. The van der Waals surface area contributed by atoms with E-state index in [2.05, 4.69) is 10.3 Å². The number of hydrogen-bond acceptors (Lipinski definition) is 3. The minimum absolute atomic E-state index is 0.0473. The topological polar surface area (TPSA) is 51.2 Å². The molecule has 1 aromatic heterocycles. The maximum absolute atomic E-state index is 13.7. The van der Waals surface area contributed by atoms with Gasteiger partial charge in [0.2, 0.25) is 5.91 Å². The van der Waals surface area contributed by atoms with Crippen LogP contribution in [0.2, 0.25) is 0 Å². The van der Waals surface area contributed by atoms with Crippen molar-refractivity contribution in [3.05, 3.63) is 78.2 Å². The fourth-order valence-electron chi connectivity index (χ4n) is 2.54. The maximum atomic E-state index is 13.7. The molecule has 25 heavy (non-hydrogen) atoms. The number of benzene rings is 2. The molecule has 1 N–H and O–H groups in total. The highest BCUT2D eigenvalue weighted by Gasteiger charge is 2.11. The zero-order valence-corrected chi connectivity index (χ0v) is 13.7. The molecule has 3 rings (SSSR count). The quantitative estimate of drug-likeness (QED) is 0.764. The number of ether oxygens (including phenoxy) is 1. The van der Waals surface area contributed by atoms with E-state index in [1.807, 2.05) is 42.5 Å². The second kappa shape index (κ2) is 7.57. The van der Waals surface area contributed by atoms with E-state index >= 15 is 0 Å². The van der Waals surface area contributed by atoms with Gasteiger partial charge in [0, 0.05) is 11.8 Å². The molecule has 1 heterocycles. The second-order valence-electron chi connectivity index (χ2n) is 5.46. The van der Waals surface area contributed by atoms with Crippen molar-refractivity contribution in [1.82, 2.24) is 4.98 Å². The van der Waals surface area contributed by atoms with Crippen molar-refractivity contribution in [2.75, 3.05) is 12.4 Å². The lowest BCUT2D eigenvalue weighted by Gasteiger charge is -2.10. The summed E-state index contributed by atoms with van der Waals surface area (Å²) in [6.45, 7) is 0. The van der Waals surface area contributed by atoms with Crippen LogP contribution in [0, 0.1) is 5.82 Å². The van der Waals surface area contributed by atoms with Gasteiger partial charge in [-0.15, -0.1) is 0 Å². The van der Waals surface area contributed by atoms with E-state index in [-0.39, 0.29) is 18.1 Å². The summed E-state index contributed by atoms with van der Waals surface area (Å²) in [5.74, 6) is -0.121. The summed E-state index contributed by atoms with van der Waals surface area (Å²) >= 11 is 0. The third-order valence-electron chi connectivity index (χ3n) is 3.73. The third-order valence-corrected chi connectivity index (χ3v) is 3.73. The molecule has 4 nitrogen and oxygen atoms in total. The number of nitrogens with one attached hydrogen (secondary N) is 1. The van der Waals surface area contributed by atoms with E-state index in [9.17, 15) is 9.18 Å². The molecule has 1 amide bonds. The highest BCUT2D eigenvalue weighted by Crippen LogP contribution is 2.25. The van der Waals surface area contributed by atoms with Crippen molar-refractivity contribution in [1.29, 1.82) is 0 Å². The number of methoxy groups -OCH3 is 1. The summed E-state index contributed by atoms with van der Waals surface area (Å²) in [5.41, 5.74) is 2.35. The van der Waals surface area contributed by atoms with E-state index < -0.39 is 5.82 Å². The maximum Gasteiger partial charge on any atom is 0.229 e. The largest absolute Gasteiger partial charge is 0.494 e. The lowest BCUT2D eigenvalue weighted by molar-refractivity contribution is -0.115. The first-order valence-corrected chi connectivity index (χ1v) is 7.80. The molecule has 5 heteroatoms. The van der Waals surface area contributed by atoms with Gasteiger partial charge < -0.3 is 10.1 Å². The van der Waals surface area contributed by atoms with Gasteiger partial charge in [0.05, 0.1) is 13.5 Å². The zero-order valence-electron chi connectivity index (χ0n) is 13.7. The van der Waals surface area contributed by atoms with Gasteiger partial charge in [-0.2, -0.15) is 0 Å². The first-order chi connectivity index (χ1) is 12.2. The van der Waals surface area contributed by atoms with Crippen molar-refractivity contribution in [2.24, 2.45) is 0 Å². The molecule has 0 aliphatic heterocycles. The van der Waals surface area contributed by atoms with Crippen LogP contribution in [0.1, 0.15) is 5.56 Å². The number of anilines is 1. The van der Waals surface area contributed by atoms with Gasteiger partial charge in [0.15, 0.2) is 11.6 Å². The molecule has 0 radical (unpaired) electrons. The smallest absolute Gasteiger partial charge is 0.229 e. The lowest BCUT2D eigenvalue weighted by atomic mass is 10.1. The van der Waals surface area contributed by atoms with E-state index in [1.165, 1.54) is 19.2 Å². The van der Waals surface area contributed by atoms with Crippen molar-refractivity contribution in [3.63, 3.8) is 0 Å². The van der Waals surface area contributed by atoms with Gasteiger partial charge in [0.1, 0.15) is 5.82 Å². The van der Waals surface area contributed by atoms with E-state index in [0.29, 0.717) is 11.4 Å². The number of nitrogens with zero attached hydrogens (tertiary/aromatic N) is 1. The average Bonchev–Trinajstić information content (AvgIpc) is 2.63. The van der Waals surface area contributed by atoms with Crippen LogP contribution < -0.4 is 10.1 Å². The molecule has 0 saturated heterocycles. The molecule has 0 unspecified atom stereocenters. The summed E-state index contributed by atoms with van der Waals surface area (Å²) in [6, 6.07) is 17.9. The zero-order chi connectivity index (χ0) is 17.6. The minimum atomic E-state index is -0.490. The average molecular weight is 336 g/mol. The Morgan fingerprint density at radius 1 is 1.12 bits per heavy atom. The summed E-state index contributed by atoms with van der Waals surface area (Å²) in [7, 11) is 1.40. The third kappa shape index (κ3) is 4.01. The molecule has 0 aliphatic rings. The monoisotopic (exact) mass is 336 g/mol. The SMILES string of the molecule is COc1ccc(CC(=O)Nc2ncccc2-c2ccccc2)cc1F. The number of halogens is 1. The van der Waals surface area contributed by atoms with E-state index in [1.54, 1.807) is 12.3 Å². The fraction of sp³-hybridized carbons (Fsp3) is 0.100. The molecule has 3 aromatic rings. The van der Waals surface area contributed by atoms with E-state index in [4.69, 9.17) is 4.74 Å².